The molecule has 94 valence electrons. The molecule has 0 radical (unpaired) electrons. The highest BCUT2D eigenvalue weighted by molar-refractivity contribution is 7.99. The van der Waals surface area contributed by atoms with Crippen LogP contribution >= 0.6 is 11.8 Å². The van der Waals surface area contributed by atoms with Crippen LogP contribution in [0.3, 0.4) is 0 Å². The number of carbonyl (C=O) groups excluding carboxylic acids is 1. The molecule has 1 rings (SSSR count). The van der Waals surface area contributed by atoms with Crippen molar-refractivity contribution >= 4 is 17.7 Å². The van der Waals surface area contributed by atoms with Gasteiger partial charge < -0.3 is 10.2 Å². The van der Waals surface area contributed by atoms with Crippen molar-refractivity contribution in [2.45, 2.75) is 38.8 Å². The van der Waals surface area contributed by atoms with Crippen molar-refractivity contribution in [3.63, 3.8) is 0 Å². The van der Waals surface area contributed by atoms with Gasteiger partial charge >= 0.3 is 0 Å². The Morgan fingerprint density at radius 2 is 1.88 bits per heavy atom. The fourth-order valence-electron chi connectivity index (χ4n) is 1.95. The van der Waals surface area contributed by atoms with Gasteiger partial charge in [-0.05, 0) is 30.3 Å². The maximum absolute atomic E-state index is 12.0. The lowest BCUT2D eigenvalue weighted by Gasteiger charge is -2.31. The Hall–Kier alpha value is -0.220. The van der Waals surface area contributed by atoms with E-state index in [1.54, 1.807) is 4.90 Å². The zero-order valence-electron chi connectivity index (χ0n) is 10.8. The average Bonchev–Trinajstić information content (AvgIpc) is 2.26. The number of amides is 1. The van der Waals surface area contributed by atoms with E-state index in [1.165, 1.54) is 24.3 Å². The molecule has 16 heavy (non-hydrogen) atoms. The van der Waals surface area contributed by atoms with Gasteiger partial charge in [0, 0.05) is 20.1 Å². The first-order chi connectivity index (χ1) is 7.52. The molecule has 1 fully saturated rings. The lowest BCUT2D eigenvalue weighted by Crippen LogP contribution is -2.51. The molecule has 0 aromatic rings. The van der Waals surface area contributed by atoms with Gasteiger partial charge in [0.1, 0.15) is 0 Å². The minimum Gasteiger partial charge on any atom is -0.347 e. The molecule has 1 unspecified atom stereocenters. The van der Waals surface area contributed by atoms with Gasteiger partial charge in [-0.1, -0.05) is 13.8 Å². The van der Waals surface area contributed by atoms with Crippen molar-refractivity contribution in [2.24, 2.45) is 5.92 Å². The second-order valence-electron chi connectivity index (χ2n) is 5.01. The number of rotatable bonds is 4. The number of carbonyl (C=O) groups is 1. The first-order valence-electron chi connectivity index (χ1n) is 6.07. The molecule has 0 saturated carbocycles. The van der Waals surface area contributed by atoms with E-state index in [4.69, 9.17) is 0 Å². The van der Waals surface area contributed by atoms with Crippen LogP contribution in [0.15, 0.2) is 0 Å². The van der Waals surface area contributed by atoms with Crippen molar-refractivity contribution in [2.75, 3.05) is 25.6 Å². The number of nitrogens with one attached hydrogen (secondary N) is 1. The molecule has 1 N–H and O–H groups in total. The molecule has 1 amide bonds. The molecule has 1 saturated heterocycles. The number of thioether (sulfide) groups is 1. The highest BCUT2D eigenvalue weighted by atomic mass is 32.2. The third-order valence-electron chi connectivity index (χ3n) is 3.01. The molecule has 0 spiro atoms. The van der Waals surface area contributed by atoms with Crippen LogP contribution in [-0.2, 0) is 4.79 Å². The molecule has 0 aromatic heterocycles. The maximum Gasteiger partial charge on any atom is 0.239 e. The third kappa shape index (κ3) is 3.98. The molecule has 3 nitrogen and oxygen atoms in total. The Kier molecular flexibility index (Phi) is 5.62. The summed E-state index contributed by atoms with van der Waals surface area (Å²) < 4.78 is 0. The minimum atomic E-state index is -0.0249. The van der Waals surface area contributed by atoms with E-state index < -0.39 is 0 Å². The van der Waals surface area contributed by atoms with Gasteiger partial charge in [-0.2, -0.15) is 11.8 Å². The van der Waals surface area contributed by atoms with E-state index >= 15 is 0 Å². The highest BCUT2D eigenvalue weighted by Crippen LogP contribution is 2.18. The monoisotopic (exact) mass is 244 g/mol. The predicted octanol–water partition coefficient (Wildman–Crippen LogP) is 1.58. The summed E-state index contributed by atoms with van der Waals surface area (Å²) in [6.07, 6.45) is 2.38. The zero-order chi connectivity index (χ0) is 12.1. The Morgan fingerprint density at radius 1 is 1.31 bits per heavy atom. The molecular weight excluding hydrogens is 220 g/mol. The van der Waals surface area contributed by atoms with Crippen LogP contribution in [-0.4, -0.2) is 48.5 Å². The van der Waals surface area contributed by atoms with Crippen molar-refractivity contribution in [1.82, 2.24) is 10.2 Å². The summed E-state index contributed by atoms with van der Waals surface area (Å²) in [5.41, 5.74) is 0. The Balaban J connectivity index is 2.53. The minimum absolute atomic E-state index is 0.0249. The van der Waals surface area contributed by atoms with E-state index in [0.717, 1.165) is 0 Å². The van der Waals surface area contributed by atoms with Gasteiger partial charge in [0.2, 0.25) is 5.91 Å². The lowest BCUT2D eigenvalue weighted by atomic mass is 10.0. The van der Waals surface area contributed by atoms with E-state index in [-0.39, 0.29) is 11.9 Å². The van der Waals surface area contributed by atoms with Gasteiger partial charge in [0.15, 0.2) is 0 Å². The quantitative estimate of drug-likeness (QED) is 0.815. The van der Waals surface area contributed by atoms with E-state index in [2.05, 4.69) is 19.2 Å². The van der Waals surface area contributed by atoms with E-state index in [0.29, 0.717) is 12.0 Å². The molecule has 0 aliphatic carbocycles. The molecular formula is C12H24N2OS. The first-order valence-corrected chi connectivity index (χ1v) is 7.22. The Bertz CT molecular complexity index is 225. The normalized spacial score (nSPS) is 19.8. The summed E-state index contributed by atoms with van der Waals surface area (Å²) in [7, 11) is 3.66. The molecule has 1 aliphatic rings. The number of likely N-dealkylation sites (N-methyl/N-ethyl adjacent to an activating group) is 1. The molecule has 0 bridgehead atoms. The maximum atomic E-state index is 12.0. The van der Waals surface area contributed by atoms with Gasteiger partial charge in [-0.25, -0.2) is 0 Å². The molecule has 0 aromatic carbocycles. The fraction of sp³-hybridized carbons (Fsp3) is 0.917. The van der Waals surface area contributed by atoms with Crippen molar-refractivity contribution < 1.29 is 4.79 Å². The number of hydrogen-bond acceptors (Lipinski definition) is 3. The second kappa shape index (κ2) is 6.50. The average molecular weight is 244 g/mol. The third-order valence-corrected chi connectivity index (χ3v) is 4.06. The van der Waals surface area contributed by atoms with Crippen LogP contribution in [0, 0.1) is 5.92 Å². The van der Waals surface area contributed by atoms with Gasteiger partial charge in [0.25, 0.3) is 0 Å². The topological polar surface area (TPSA) is 32.3 Å². The largest absolute Gasteiger partial charge is 0.347 e. The van der Waals surface area contributed by atoms with Crippen LogP contribution < -0.4 is 5.32 Å². The summed E-state index contributed by atoms with van der Waals surface area (Å²) in [6.45, 7) is 4.22. The number of hydrogen-bond donors (Lipinski definition) is 1. The van der Waals surface area contributed by atoms with Crippen LogP contribution in [0.2, 0.25) is 0 Å². The smallest absolute Gasteiger partial charge is 0.239 e. The number of nitrogens with zero attached hydrogens (tertiary/aromatic N) is 1. The van der Waals surface area contributed by atoms with Crippen molar-refractivity contribution in [3.05, 3.63) is 0 Å². The summed E-state index contributed by atoms with van der Waals surface area (Å²) in [6, 6.07) is 0.501. The second-order valence-corrected chi connectivity index (χ2v) is 6.23. The summed E-state index contributed by atoms with van der Waals surface area (Å²) in [5, 5.41) is 3.53. The fourth-order valence-corrected chi connectivity index (χ4v) is 3.05. The summed E-state index contributed by atoms with van der Waals surface area (Å²) >= 11 is 2.01. The van der Waals surface area contributed by atoms with Crippen molar-refractivity contribution in [3.8, 4) is 0 Å². The molecule has 1 aliphatic heterocycles. The van der Waals surface area contributed by atoms with Crippen LogP contribution in [0.1, 0.15) is 26.7 Å². The Morgan fingerprint density at radius 3 is 2.31 bits per heavy atom. The zero-order valence-corrected chi connectivity index (χ0v) is 11.6. The van der Waals surface area contributed by atoms with Gasteiger partial charge in [-0.15, -0.1) is 0 Å². The van der Waals surface area contributed by atoms with Crippen LogP contribution in [0.5, 0.6) is 0 Å². The van der Waals surface area contributed by atoms with Crippen LogP contribution in [0.25, 0.3) is 0 Å². The van der Waals surface area contributed by atoms with Gasteiger partial charge in [0.05, 0.1) is 6.04 Å². The lowest BCUT2D eigenvalue weighted by molar-refractivity contribution is -0.132. The predicted molar refractivity (Wildman–Crippen MR) is 70.8 cm³/mol. The summed E-state index contributed by atoms with van der Waals surface area (Å²) in [4.78, 5) is 13.7. The van der Waals surface area contributed by atoms with Gasteiger partial charge in [-0.3, -0.25) is 4.79 Å². The van der Waals surface area contributed by atoms with E-state index in [9.17, 15) is 4.79 Å². The molecule has 4 heteroatoms. The standard InChI is InChI=1S/C12H24N2OS/c1-9(2)11(12(15)14(3)4)13-10-5-7-16-8-6-10/h9-11,13H,5-8H2,1-4H3. The van der Waals surface area contributed by atoms with Crippen molar-refractivity contribution in [1.29, 1.82) is 0 Å². The van der Waals surface area contributed by atoms with Crippen LogP contribution in [0.4, 0.5) is 0 Å². The molecule has 1 heterocycles. The molecule has 1 atom stereocenters. The SMILES string of the molecule is CC(C)C(NC1CCSCC1)C(=O)N(C)C. The first kappa shape index (κ1) is 13.8. The van der Waals surface area contributed by atoms with E-state index in [1.807, 2.05) is 25.9 Å². The highest BCUT2D eigenvalue weighted by Gasteiger charge is 2.26. The Labute approximate surface area is 103 Å². The summed E-state index contributed by atoms with van der Waals surface area (Å²) in [5.74, 6) is 3.00.